The molecule has 1 aromatic heterocycles. The number of benzene rings is 1. The average Bonchev–Trinajstić information content (AvgIpc) is 3.41. The van der Waals surface area contributed by atoms with E-state index in [2.05, 4.69) is 10.2 Å². The van der Waals surface area contributed by atoms with Crippen LogP contribution in [0.2, 0.25) is 0 Å². The number of nitrogens with one attached hydrogen (secondary N) is 1. The van der Waals surface area contributed by atoms with Gasteiger partial charge in [0.1, 0.15) is 23.8 Å². The van der Waals surface area contributed by atoms with E-state index in [1.807, 2.05) is 0 Å². The first-order valence-corrected chi connectivity index (χ1v) is 14.4. The smallest absolute Gasteiger partial charge is 0.462 e. The quantitative estimate of drug-likeness (QED) is 0.267. The first kappa shape index (κ1) is 32.8. The van der Waals surface area contributed by atoms with E-state index in [9.17, 15) is 32.8 Å². The highest BCUT2D eigenvalue weighted by Gasteiger charge is 2.43. The van der Waals surface area contributed by atoms with Crippen molar-refractivity contribution < 1.29 is 56.4 Å². The SMILES string of the molecule is CC1COC2Cn3cc(C(=O)NCc4ccc(F)cc4F)c(=O)c(OCOC(=O)OCC(=O)OCCN4CCOCC4)c3C(=O)N12. The summed E-state index contributed by atoms with van der Waals surface area (Å²) in [5.74, 6) is -4.63. The Morgan fingerprint density at radius 3 is 2.63 bits per heavy atom. The summed E-state index contributed by atoms with van der Waals surface area (Å²) in [6.07, 6.45) is -0.834. The van der Waals surface area contributed by atoms with Crippen molar-refractivity contribution in [3.63, 3.8) is 0 Å². The van der Waals surface area contributed by atoms with Gasteiger partial charge in [-0.05, 0) is 13.0 Å². The van der Waals surface area contributed by atoms with Crippen molar-refractivity contribution in [2.45, 2.75) is 32.3 Å². The first-order chi connectivity index (χ1) is 22.1. The monoisotopic (exact) mass is 650 g/mol. The largest absolute Gasteiger partial charge is 0.511 e. The maximum Gasteiger partial charge on any atom is 0.511 e. The van der Waals surface area contributed by atoms with E-state index in [-0.39, 0.29) is 43.6 Å². The number of rotatable bonds is 11. The van der Waals surface area contributed by atoms with Gasteiger partial charge in [0.25, 0.3) is 11.8 Å². The van der Waals surface area contributed by atoms with E-state index in [0.29, 0.717) is 38.9 Å². The van der Waals surface area contributed by atoms with Gasteiger partial charge >= 0.3 is 12.1 Å². The van der Waals surface area contributed by atoms with Crippen molar-refractivity contribution in [2.24, 2.45) is 0 Å². The molecule has 46 heavy (non-hydrogen) atoms. The van der Waals surface area contributed by atoms with Crippen LogP contribution in [0.1, 0.15) is 33.3 Å². The summed E-state index contributed by atoms with van der Waals surface area (Å²) in [6.45, 7) is 3.23. The summed E-state index contributed by atoms with van der Waals surface area (Å²) >= 11 is 0. The molecular weight excluding hydrogens is 618 g/mol. The number of aromatic nitrogens is 1. The van der Waals surface area contributed by atoms with Gasteiger partial charge in [-0.15, -0.1) is 0 Å². The number of hydrogen-bond donors (Lipinski definition) is 1. The fourth-order valence-corrected chi connectivity index (χ4v) is 5.14. The van der Waals surface area contributed by atoms with Gasteiger partial charge in [0, 0.05) is 44.0 Å². The fraction of sp³-hybridized carbons (Fsp3) is 0.483. The van der Waals surface area contributed by atoms with Crippen LogP contribution in [0.3, 0.4) is 0 Å². The van der Waals surface area contributed by atoms with Gasteiger partial charge in [0.2, 0.25) is 18.0 Å². The Kier molecular flexibility index (Phi) is 10.4. The van der Waals surface area contributed by atoms with Crippen LogP contribution in [0.25, 0.3) is 0 Å². The third-order valence-corrected chi connectivity index (χ3v) is 7.50. The predicted molar refractivity (Wildman–Crippen MR) is 150 cm³/mol. The van der Waals surface area contributed by atoms with Crippen LogP contribution in [0.15, 0.2) is 29.2 Å². The van der Waals surface area contributed by atoms with Crippen molar-refractivity contribution in [3.8, 4) is 5.75 Å². The second-order valence-electron chi connectivity index (χ2n) is 10.6. The van der Waals surface area contributed by atoms with E-state index in [1.54, 1.807) is 6.92 Å². The second kappa shape index (κ2) is 14.7. The summed E-state index contributed by atoms with van der Waals surface area (Å²) in [7, 11) is 0. The number of amides is 2. The molecule has 1 aromatic carbocycles. The van der Waals surface area contributed by atoms with Gasteiger partial charge in [-0.2, -0.15) is 0 Å². The summed E-state index contributed by atoms with van der Waals surface area (Å²) in [4.78, 5) is 67.4. The Bertz CT molecular complexity index is 1550. The topological polar surface area (TPSA) is 164 Å². The van der Waals surface area contributed by atoms with E-state index >= 15 is 0 Å². The Hall–Kier alpha value is -4.61. The van der Waals surface area contributed by atoms with Crippen molar-refractivity contribution in [1.82, 2.24) is 19.7 Å². The molecule has 2 atom stereocenters. The number of nitrogens with zero attached hydrogens (tertiary/aromatic N) is 3. The highest BCUT2D eigenvalue weighted by molar-refractivity contribution is 5.99. The highest BCUT2D eigenvalue weighted by Crippen LogP contribution is 2.30. The standard InChI is InChI=1S/C29H32F2N4O11/c1-17-14-43-22-13-34-12-20(27(38)32-11-18-2-3-19(30)10-21(18)31)25(37)26(24(34)28(39)35(17)22)45-16-46-29(40)44-15-23(36)42-9-6-33-4-7-41-8-5-33/h2-3,10,12,17,22H,4-9,11,13-16H2,1H3,(H,32,38). The number of esters is 1. The fourth-order valence-electron chi connectivity index (χ4n) is 5.14. The molecule has 15 nitrogen and oxygen atoms in total. The summed E-state index contributed by atoms with van der Waals surface area (Å²) in [5, 5.41) is 2.40. The zero-order valence-electron chi connectivity index (χ0n) is 24.8. The highest BCUT2D eigenvalue weighted by atomic mass is 19.1. The molecule has 3 aliphatic rings. The number of ether oxygens (including phenoxy) is 6. The number of morpholine rings is 1. The van der Waals surface area contributed by atoms with Crippen LogP contribution in [0.5, 0.6) is 5.75 Å². The van der Waals surface area contributed by atoms with Crippen LogP contribution in [0, 0.1) is 11.6 Å². The molecule has 0 bridgehead atoms. The van der Waals surface area contributed by atoms with Crippen molar-refractivity contribution in [1.29, 1.82) is 0 Å². The minimum absolute atomic E-state index is 0.0312. The third kappa shape index (κ3) is 7.60. The zero-order chi connectivity index (χ0) is 32.8. The number of carbonyl (C=O) groups excluding carboxylic acids is 4. The molecular formula is C29H32F2N4O11. The van der Waals surface area contributed by atoms with Crippen LogP contribution < -0.4 is 15.5 Å². The molecule has 2 aromatic rings. The lowest BCUT2D eigenvalue weighted by molar-refractivity contribution is -0.148. The number of fused-ring (bicyclic) bond motifs is 2. The van der Waals surface area contributed by atoms with E-state index in [4.69, 9.17) is 28.4 Å². The molecule has 5 rings (SSSR count). The van der Waals surface area contributed by atoms with Crippen LogP contribution in [-0.4, -0.2) is 110 Å². The molecule has 2 amide bonds. The lowest BCUT2D eigenvalue weighted by atomic mass is 10.1. The first-order valence-electron chi connectivity index (χ1n) is 14.4. The van der Waals surface area contributed by atoms with E-state index in [0.717, 1.165) is 18.3 Å². The number of halogens is 2. The van der Waals surface area contributed by atoms with Crippen molar-refractivity contribution in [2.75, 3.05) is 59.5 Å². The molecule has 248 valence electrons. The van der Waals surface area contributed by atoms with Gasteiger partial charge < -0.3 is 43.2 Å². The Balaban J connectivity index is 1.23. The molecule has 17 heteroatoms. The molecule has 0 radical (unpaired) electrons. The summed E-state index contributed by atoms with van der Waals surface area (Å²) < 4.78 is 59.6. The summed E-state index contributed by atoms with van der Waals surface area (Å²) in [5.41, 5.74) is -1.71. The number of hydrogen-bond acceptors (Lipinski definition) is 12. The minimum atomic E-state index is -1.32. The van der Waals surface area contributed by atoms with Crippen molar-refractivity contribution in [3.05, 3.63) is 63.1 Å². The Morgan fingerprint density at radius 2 is 1.87 bits per heavy atom. The minimum Gasteiger partial charge on any atom is -0.462 e. The van der Waals surface area contributed by atoms with Gasteiger partial charge in [-0.3, -0.25) is 19.3 Å². The van der Waals surface area contributed by atoms with Crippen LogP contribution in [-0.2, 0) is 41.6 Å². The predicted octanol–water partition coefficient (Wildman–Crippen LogP) is 0.622. The number of carbonyl (C=O) groups is 4. The lowest BCUT2D eigenvalue weighted by Gasteiger charge is -2.34. The lowest BCUT2D eigenvalue weighted by Crippen LogP contribution is -2.49. The zero-order valence-corrected chi connectivity index (χ0v) is 24.8. The molecule has 0 saturated carbocycles. The van der Waals surface area contributed by atoms with Gasteiger partial charge in [0.15, 0.2) is 18.5 Å². The molecule has 4 heterocycles. The Morgan fingerprint density at radius 1 is 1.09 bits per heavy atom. The normalized spacial score (nSPS) is 19.2. The van der Waals surface area contributed by atoms with E-state index < -0.39 is 71.9 Å². The van der Waals surface area contributed by atoms with Crippen molar-refractivity contribution >= 4 is 23.9 Å². The maximum absolute atomic E-state index is 14.1. The number of pyridine rings is 1. The molecule has 2 saturated heterocycles. The Labute approximate surface area is 260 Å². The van der Waals surface area contributed by atoms with Gasteiger partial charge in [-0.1, -0.05) is 6.07 Å². The molecule has 3 aliphatic heterocycles. The molecule has 0 spiro atoms. The summed E-state index contributed by atoms with van der Waals surface area (Å²) in [6, 6.07) is 2.50. The van der Waals surface area contributed by atoms with Crippen LogP contribution >= 0.6 is 0 Å². The molecule has 0 aliphatic carbocycles. The maximum atomic E-state index is 14.1. The molecule has 1 N–H and O–H groups in total. The van der Waals surface area contributed by atoms with Gasteiger partial charge in [-0.25, -0.2) is 18.4 Å². The molecule has 2 fully saturated rings. The van der Waals surface area contributed by atoms with E-state index in [1.165, 1.54) is 9.47 Å². The van der Waals surface area contributed by atoms with Crippen LogP contribution in [0.4, 0.5) is 13.6 Å². The van der Waals surface area contributed by atoms with Gasteiger partial charge in [0.05, 0.1) is 32.4 Å². The molecule has 2 unspecified atom stereocenters. The second-order valence-corrected chi connectivity index (χ2v) is 10.6. The third-order valence-electron chi connectivity index (χ3n) is 7.50. The average molecular weight is 651 g/mol.